The van der Waals surface area contributed by atoms with Crippen molar-refractivity contribution in [2.24, 2.45) is 0 Å². The van der Waals surface area contributed by atoms with E-state index >= 15 is 0 Å². The van der Waals surface area contributed by atoms with Gasteiger partial charge in [0.25, 0.3) is 0 Å². The Hall–Kier alpha value is -2.63. The van der Waals surface area contributed by atoms with Gasteiger partial charge < -0.3 is 15.0 Å². The maximum Gasteiger partial charge on any atom is 0.337 e. The predicted molar refractivity (Wildman–Crippen MR) is 78.3 cm³/mol. The number of nitrogens with one attached hydrogen (secondary N) is 1. The second-order valence-electron chi connectivity index (χ2n) is 4.97. The average Bonchev–Trinajstić information content (AvgIpc) is 2.83. The SMILES string of the molecule is CC(C)c1c(C(=O)O)ccn1CC(=O)Nc1ccccn1. The number of carbonyl (C=O) groups excluding carboxylic acids is 1. The summed E-state index contributed by atoms with van der Waals surface area (Å²) in [5.74, 6) is -0.751. The Kier molecular flexibility index (Phi) is 4.37. The minimum absolute atomic E-state index is 0.00810. The molecule has 6 nitrogen and oxygen atoms in total. The molecule has 2 aromatic heterocycles. The van der Waals surface area contributed by atoms with Gasteiger partial charge in [-0.1, -0.05) is 19.9 Å². The molecular formula is C15H17N3O3. The summed E-state index contributed by atoms with van der Waals surface area (Å²) in [4.78, 5) is 27.2. The van der Waals surface area contributed by atoms with Crippen LogP contribution >= 0.6 is 0 Å². The minimum Gasteiger partial charge on any atom is -0.478 e. The quantitative estimate of drug-likeness (QED) is 0.884. The number of pyridine rings is 1. The predicted octanol–water partition coefficient (Wildman–Crippen LogP) is 2.34. The molecule has 0 unspecified atom stereocenters. The molecular weight excluding hydrogens is 270 g/mol. The van der Waals surface area contributed by atoms with E-state index in [0.717, 1.165) is 0 Å². The molecule has 2 rings (SSSR count). The molecule has 0 radical (unpaired) electrons. The number of carboxylic acid groups (broad SMARTS) is 1. The zero-order chi connectivity index (χ0) is 15.4. The highest BCUT2D eigenvalue weighted by Crippen LogP contribution is 2.21. The van der Waals surface area contributed by atoms with Gasteiger partial charge in [-0.05, 0) is 24.1 Å². The van der Waals surface area contributed by atoms with Gasteiger partial charge in [-0.25, -0.2) is 9.78 Å². The van der Waals surface area contributed by atoms with Crippen LogP contribution in [-0.4, -0.2) is 26.5 Å². The van der Waals surface area contributed by atoms with E-state index in [4.69, 9.17) is 0 Å². The lowest BCUT2D eigenvalue weighted by Crippen LogP contribution is -2.21. The number of carboxylic acids is 1. The van der Waals surface area contributed by atoms with Crippen LogP contribution in [-0.2, 0) is 11.3 Å². The van der Waals surface area contributed by atoms with Crippen molar-refractivity contribution in [1.29, 1.82) is 0 Å². The van der Waals surface area contributed by atoms with Gasteiger partial charge in [0.15, 0.2) is 0 Å². The topological polar surface area (TPSA) is 84.2 Å². The van der Waals surface area contributed by atoms with E-state index in [0.29, 0.717) is 11.5 Å². The smallest absolute Gasteiger partial charge is 0.337 e. The number of nitrogens with zero attached hydrogens (tertiary/aromatic N) is 2. The number of amides is 1. The van der Waals surface area contributed by atoms with E-state index in [1.54, 1.807) is 35.2 Å². The Morgan fingerprint density at radius 2 is 2.10 bits per heavy atom. The molecule has 0 aliphatic carbocycles. The lowest BCUT2D eigenvalue weighted by atomic mass is 10.1. The summed E-state index contributed by atoms with van der Waals surface area (Å²) >= 11 is 0. The van der Waals surface area contributed by atoms with E-state index in [9.17, 15) is 14.7 Å². The third kappa shape index (κ3) is 3.47. The highest BCUT2D eigenvalue weighted by molar-refractivity contribution is 5.91. The largest absolute Gasteiger partial charge is 0.478 e. The van der Waals surface area contributed by atoms with Gasteiger partial charge in [-0.3, -0.25) is 4.79 Å². The zero-order valence-electron chi connectivity index (χ0n) is 11.9. The van der Waals surface area contributed by atoms with Gasteiger partial charge in [0, 0.05) is 18.1 Å². The van der Waals surface area contributed by atoms with Crippen molar-refractivity contribution in [1.82, 2.24) is 9.55 Å². The summed E-state index contributed by atoms with van der Waals surface area (Å²) in [7, 11) is 0. The Morgan fingerprint density at radius 3 is 2.67 bits per heavy atom. The van der Waals surface area contributed by atoms with Crippen molar-refractivity contribution in [2.45, 2.75) is 26.3 Å². The average molecular weight is 287 g/mol. The Bertz CT molecular complexity index is 647. The first kappa shape index (κ1) is 14.8. The van der Waals surface area contributed by atoms with Crippen LogP contribution < -0.4 is 5.32 Å². The summed E-state index contributed by atoms with van der Waals surface area (Å²) in [5, 5.41) is 11.9. The highest BCUT2D eigenvalue weighted by atomic mass is 16.4. The third-order valence-electron chi connectivity index (χ3n) is 3.03. The molecule has 0 aromatic carbocycles. The number of hydrogen-bond acceptors (Lipinski definition) is 3. The van der Waals surface area contributed by atoms with Crippen LogP contribution in [0.15, 0.2) is 36.7 Å². The molecule has 2 aromatic rings. The van der Waals surface area contributed by atoms with E-state index in [1.165, 1.54) is 6.07 Å². The Balaban J connectivity index is 2.16. The number of rotatable bonds is 5. The molecule has 0 bridgehead atoms. The van der Waals surface area contributed by atoms with Gasteiger partial charge in [0.05, 0.1) is 5.56 Å². The summed E-state index contributed by atoms with van der Waals surface area (Å²) in [6, 6.07) is 6.75. The molecule has 1 amide bonds. The van der Waals surface area contributed by atoms with Crippen LogP contribution in [0, 0.1) is 0 Å². The lowest BCUT2D eigenvalue weighted by molar-refractivity contribution is -0.116. The molecule has 0 aliphatic rings. The van der Waals surface area contributed by atoms with Gasteiger partial charge in [0.2, 0.25) is 5.91 Å². The Labute approximate surface area is 122 Å². The van der Waals surface area contributed by atoms with E-state index in [1.807, 2.05) is 13.8 Å². The molecule has 21 heavy (non-hydrogen) atoms. The summed E-state index contributed by atoms with van der Waals surface area (Å²) in [6.45, 7) is 3.85. The molecule has 0 fully saturated rings. The van der Waals surface area contributed by atoms with Crippen molar-refractivity contribution in [3.8, 4) is 0 Å². The van der Waals surface area contributed by atoms with Crippen molar-refractivity contribution in [3.63, 3.8) is 0 Å². The van der Waals surface area contributed by atoms with Crippen LogP contribution in [0.4, 0.5) is 5.82 Å². The first-order valence-electron chi connectivity index (χ1n) is 6.62. The molecule has 0 spiro atoms. The van der Waals surface area contributed by atoms with Crippen LogP contribution in [0.25, 0.3) is 0 Å². The lowest BCUT2D eigenvalue weighted by Gasteiger charge is -2.13. The second-order valence-corrected chi connectivity index (χ2v) is 4.97. The molecule has 0 aliphatic heterocycles. The van der Waals surface area contributed by atoms with Gasteiger partial charge in [0.1, 0.15) is 12.4 Å². The number of hydrogen-bond donors (Lipinski definition) is 2. The number of aromatic nitrogens is 2. The number of aromatic carboxylic acids is 1. The number of carbonyl (C=O) groups is 2. The van der Waals surface area contributed by atoms with Crippen LogP contribution in [0.1, 0.15) is 35.8 Å². The van der Waals surface area contributed by atoms with E-state index in [-0.39, 0.29) is 23.9 Å². The Morgan fingerprint density at radius 1 is 1.33 bits per heavy atom. The summed E-state index contributed by atoms with van der Waals surface area (Å²) < 4.78 is 1.66. The van der Waals surface area contributed by atoms with Gasteiger partial charge in [-0.2, -0.15) is 0 Å². The fourth-order valence-corrected chi connectivity index (χ4v) is 2.22. The first-order valence-corrected chi connectivity index (χ1v) is 6.62. The van der Waals surface area contributed by atoms with Crippen LogP contribution in [0.2, 0.25) is 0 Å². The third-order valence-corrected chi connectivity index (χ3v) is 3.03. The monoisotopic (exact) mass is 287 g/mol. The first-order chi connectivity index (χ1) is 9.99. The van der Waals surface area contributed by atoms with Crippen molar-refractivity contribution >= 4 is 17.7 Å². The molecule has 0 saturated carbocycles. The minimum atomic E-state index is -0.984. The standard InChI is InChI=1S/C15H17N3O3/c1-10(2)14-11(15(20)21)6-8-18(14)9-13(19)17-12-5-3-4-7-16-12/h3-8,10H,9H2,1-2H3,(H,20,21)(H,16,17,19). The van der Waals surface area contributed by atoms with Crippen LogP contribution in [0.5, 0.6) is 0 Å². The fourth-order valence-electron chi connectivity index (χ4n) is 2.22. The van der Waals surface area contributed by atoms with Crippen LogP contribution in [0.3, 0.4) is 0 Å². The highest BCUT2D eigenvalue weighted by Gasteiger charge is 2.19. The van der Waals surface area contributed by atoms with E-state index < -0.39 is 5.97 Å². The molecule has 2 N–H and O–H groups in total. The molecule has 0 saturated heterocycles. The zero-order valence-corrected chi connectivity index (χ0v) is 11.9. The van der Waals surface area contributed by atoms with Crippen molar-refractivity contribution < 1.29 is 14.7 Å². The van der Waals surface area contributed by atoms with Gasteiger partial charge >= 0.3 is 5.97 Å². The second kappa shape index (κ2) is 6.21. The van der Waals surface area contributed by atoms with Gasteiger partial charge in [-0.15, -0.1) is 0 Å². The molecule has 2 heterocycles. The summed E-state index contributed by atoms with van der Waals surface area (Å²) in [6.07, 6.45) is 3.21. The molecule has 6 heteroatoms. The molecule has 110 valence electrons. The maximum absolute atomic E-state index is 12.0. The van der Waals surface area contributed by atoms with E-state index in [2.05, 4.69) is 10.3 Å². The number of anilines is 1. The maximum atomic E-state index is 12.0. The van der Waals surface area contributed by atoms with Crippen molar-refractivity contribution in [2.75, 3.05) is 5.32 Å². The summed E-state index contributed by atoms with van der Waals surface area (Å²) in [5.41, 5.74) is 0.870. The fraction of sp³-hybridized carbons (Fsp3) is 0.267. The normalized spacial score (nSPS) is 10.6. The molecule has 0 atom stereocenters. The van der Waals surface area contributed by atoms with Crippen molar-refractivity contribution in [3.05, 3.63) is 47.9 Å².